The molecule has 0 spiro atoms. The summed E-state index contributed by atoms with van der Waals surface area (Å²) in [6.45, 7) is 2.05. The van der Waals surface area contributed by atoms with Gasteiger partial charge in [0, 0.05) is 11.3 Å². The van der Waals surface area contributed by atoms with Gasteiger partial charge in [0.25, 0.3) is 0 Å². The van der Waals surface area contributed by atoms with Gasteiger partial charge in [-0.25, -0.2) is 9.59 Å². The third-order valence-electron chi connectivity index (χ3n) is 3.36. The van der Waals surface area contributed by atoms with Crippen LogP contribution in [0.1, 0.15) is 11.1 Å². The van der Waals surface area contributed by atoms with Crippen molar-refractivity contribution < 1.29 is 19.1 Å². The Labute approximate surface area is 134 Å². The number of benzene rings is 2. The van der Waals surface area contributed by atoms with Crippen LogP contribution in [0.2, 0.25) is 0 Å². The number of para-hydroxylation sites is 1. The molecule has 0 unspecified atom stereocenters. The van der Waals surface area contributed by atoms with Crippen LogP contribution < -0.4 is 15.4 Å². The third-order valence-corrected chi connectivity index (χ3v) is 3.36. The Morgan fingerprint density at radius 1 is 1.09 bits per heavy atom. The maximum atomic E-state index is 12.1. The van der Waals surface area contributed by atoms with Crippen molar-refractivity contribution in [1.82, 2.24) is 0 Å². The van der Waals surface area contributed by atoms with E-state index in [4.69, 9.17) is 15.2 Å². The molecule has 6 nitrogen and oxygen atoms in total. The van der Waals surface area contributed by atoms with Crippen molar-refractivity contribution in [1.29, 1.82) is 0 Å². The maximum Gasteiger partial charge on any atom is 0.414 e. The van der Waals surface area contributed by atoms with Crippen LogP contribution in [-0.2, 0) is 11.3 Å². The Kier molecular flexibility index (Phi) is 5.19. The summed E-state index contributed by atoms with van der Waals surface area (Å²) in [7, 11) is 1.32. The molecule has 2 aromatic carbocycles. The molecule has 2 N–H and O–H groups in total. The van der Waals surface area contributed by atoms with Gasteiger partial charge in [0.1, 0.15) is 5.75 Å². The summed E-state index contributed by atoms with van der Waals surface area (Å²) in [6, 6.07) is 14.3. The summed E-state index contributed by atoms with van der Waals surface area (Å²) in [5.41, 5.74) is 7.33. The number of nitrogens with zero attached hydrogens (tertiary/aromatic N) is 1. The second-order valence-corrected chi connectivity index (χ2v) is 4.86. The molecule has 0 aliphatic heterocycles. The monoisotopic (exact) mass is 314 g/mol. The van der Waals surface area contributed by atoms with Crippen LogP contribution in [0.15, 0.2) is 48.5 Å². The molecule has 0 bridgehead atoms. The van der Waals surface area contributed by atoms with Crippen LogP contribution in [0.3, 0.4) is 0 Å². The first-order valence-corrected chi connectivity index (χ1v) is 6.99. The lowest BCUT2D eigenvalue weighted by molar-refractivity contribution is 0.178. The molecule has 23 heavy (non-hydrogen) atoms. The highest BCUT2D eigenvalue weighted by molar-refractivity contribution is 5.87. The highest BCUT2D eigenvalue weighted by atomic mass is 16.6. The van der Waals surface area contributed by atoms with E-state index in [9.17, 15) is 9.59 Å². The van der Waals surface area contributed by atoms with Crippen molar-refractivity contribution >= 4 is 17.9 Å². The lowest BCUT2D eigenvalue weighted by Crippen LogP contribution is -2.31. The van der Waals surface area contributed by atoms with Crippen LogP contribution in [0.25, 0.3) is 0 Å². The molecule has 0 heterocycles. The number of rotatable bonds is 4. The molecule has 0 aliphatic carbocycles. The molecule has 0 atom stereocenters. The molecule has 0 radical (unpaired) electrons. The Morgan fingerprint density at radius 2 is 1.78 bits per heavy atom. The van der Waals surface area contributed by atoms with E-state index >= 15 is 0 Å². The first-order valence-electron chi connectivity index (χ1n) is 6.99. The zero-order valence-electron chi connectivity index (χ0n) is 13.0. The summed E-state index contributed by atoms with van der Waals surface area (Å²) >= 11 is 0. The molecule has 120 valence electrons. The van der Waals surface area contributed by atoms with Gasteiger partial charge in [-0.05, 0) is 30.7 Å². The summed E-state index contributed by atoms with van der Waals surface area (Å²) in [4.78, 5) is 24.7. The fourth-order valence-electron chi connectivity index (χ4n) is 2.22. The zero-order valence-corrected chi connectivity index (χ0v) is 13.0. The minimum Gasteiger partial charge on any atom is -0.452 e. The van der Waals surface area contributed by atoms with Gasteiger partial charge in [-0.1, -0.05) is 30.3 Å². The summed E-state index contributed by atoms with van der Waals surface area (Å²) in [6.07, 6.45) is -1.41. The van der Waals surface area contributed by atoms with E-state index in [0.29, 0.717) is 17.0 Å². The van der Waals surface area contributed by atoms with Crippen molar-refractivity contribution in [2.45, 2.75) is 13.5 Å². The van der Waals surface area contributed by atoms with E-state index in [2.05, 4.69) is 0 Å². The van der Waals surface area contributed by atoms with Crippen LogP contribution in [0.5, 0.6) is 5.75 Å². The number of nitrogens with two attached hydrogens (primary N) is 1. The van der Waals surface area contributed by atoms with Gasteiger partial charge in [0.2, 0.25) is 0 Å². The highest BCUT2D eigenvalue weighted by Gasteiger charge is 2.20. The number of anilines is 1. The second-order valence-electron chi connectivity index (χ2n) is 4.86. The number of methoxy groups -OCH3 is 1. The summed E-state index contributed by atoms with van der Waals surface area (Å²) < 4.78 is 9.89. The molecule has 0 aliphatic rings. The lowest BCUT2D eigenvalue weighted by Gasteiger charge is -2.23. The number of aryl methyl sites for hydroxylation is 1. The Balaban J connectivity index is 2.41. The normalized spacial score (nSPS) is 10.0. The molecule has 2 amide bonds. The lowest BCUT2D eigenvalue weighted by atomic mass is 10.1. The van der Waals surface area contributed by atoms with Crippen LogP contribution >= 0.6 is 0 Å². The van der Waals surface area contributed by atoms with Gasteiger partial charge in [-0.3, -0.25) is 4.90 Å². The van der Waals surface area contributed by atoms with Crippen molar-refractivity contribution in [3.8, 4) is 5.75 Å². The van der Waals surface area contributed by atoms with Crippen molar-refractivity contribution in [3.63, 3.8) is 0 Å². The van der Waals surface area contributed by atoms with Gasteiger partial charge in [0.05, 0.1) is 13.7 Å². The van der Waals surface area contributed by atoms with E-state index in [1.54, 1.807) is 24.3 Å². The fraction of sp³-hybridized carbons (Fsp3) is 0.176. The molecule has 2 aromatic rings. The van der Waals surface area contributed by atoms with Crippen LogP contribution in [-0.4, -0.2) is 19.3 Å². The predicted octanol–water partition coefficient (Wildman–Crippen LogP) is 3.23. The van der Waals surface area contributed by atoms with Crippen molar-refractivity contribution in [2.24, 2.45) is 5.73 Å². The first kappa shape index (κ1) is 16.4. The summed E-state index contributed by atoms with van der Waals surface area (Å²) in [5.74, 6) is 0.322. The smallest absolute Gasteiger partial charge is 0.414 e. The second kappa shape index (κ2) is 7.31. The third kappa shape index (κ3) is 4.00. The molecule has 6 heteroatoms. The molecular formula is C17H18N2O4. The van der Waals surface area contributed by atoms with Crippen molar-refractivity contribution in [2.75, 3.05) is 12.0 Å². The average Bonchev–Trinajstić information content (AvgIpc) is 2.54. The van der Waals surface area contributed by atoms with Gasteiger partial charge >= 0.3 is 12.2 Å². The largest absolute Gasteiger partial charge is 0.452 e. The van der Waals surface area contributed by atoms with Crippen LogP contribution in [0, 0.1) is 6.92 Å². The average molecular weight is 314 g/mol. The topological polar surface area (TPSA) is 81.9 Å². The SMILES string of the molecule is COC(=O)N(Cc1c(C)cccc1OC(N)=O)c1ccccc1. The molecule has 0 saturated carbocycles. The highest BCUT2D eigenvalue weighted by Crippen LogP contribution is 2.26. The Bertz CT molecular complexity index is 701. The van der Waals surface area contributed by atoms with Crippen LogP contribution in [0.4, 0.5) is 15.3 Å². The molecule has 2 rings (SSSR count). The van der Waals surface area contributed by atoms with E-state index in [0.717, 1.165) is 5.56 Å². The van der Waals surface area contributed by atoms with Crippen molar-refractivity contribution in [3.05, 3.63) is 59.7 Å². The van der Waals surface area contributed by atoms with E-state index < -0.39 is 12.2 Å². The summed E-state index contributed by atoms with van der Waals surface area (Å²) in [5, 5.41) is 0. The zero-order chi connectivity index (χ0) is 16.8. The Hall–Kier alpha value is -3.02. The molecule has 0 saturated heterocycles. The standard InChI is InChI=1S/C17H18N2O4/c1-12-7-6-10-15(23-16(18)20)14(12)11-19(17(21)22-2)13-8-4-3-5-9-13/h3-10H,11H2,1-2H3,(H2,18,20). The molecule has 0 fully saturated rings. The predicted molar refractivity (Wildman–Crippen MR) is 86.4 cm³/mol. The maximum absolute atomic E-state index is 12.1. The number of hydrogen-bond donors (Lipinski definition) is 1. The van der Waals surface area contributed by atoms with Gasteiger partial charge in [0.15, 0.2) is 0 Å². The number of ether oxygens (including phenoxy) is 2. The number of amides is 2. The minimum atomic E-state index is -0.902. The van der Waals surface area contributed by atoms with Gasteiger partial charge in [-0.2, -0.15) is 0 Å². The first-order chi connectivity index (χ1) is 11.0. The van der Waals surface area contributed by atoms with E-state index in [1.165, 1.54) is 12.0 Å². The Morgan fingerprint density at radius 3 is 2.39 bits per heavy atom. The van der Waals surface area contributed by atoms with Gasteiger partial charge in [-0.15, -0.1) is 0 Å². The van der Waals surface area contributed by atoms with Gasteiger partial charge < -0.3 is 15.2 Å². The number of carbonyl (C=O) groups excluding carboxylic acids is 2. The minimum absolute atomic E-state index is 0.186. The molecule has 0 aromatic heterocycles. The molecular weight excluding hydrogens is 296 g/mol. The number of primary amides is 1. The number of carbonyl (C=O) groups is 2. The fourth-order valence-corrected chi connectivity index (χ4v) is 2.22. The number of hydrogen-bond acceptors (Lipinski definition) is 4. The quantitative estimate of drug-likeness (QED) is 0.939. The van der Waals surface area contributed by atoms with E-state index in [-0.39, 0.29) is 6.54 Å². The van der Waals surface area contributed by atoms with E-state index in [1.807, 2.05) is 31.2 Å².